The Hall–Kier alpha value is -7.10. The molecule has 53 heavy (non-hydrogen) atoms. The Morgan fingerprint density at radius 2 is 0.962 bits per heavy atom. The lowest BCUT2D eigenvalue weighted by molar-refractivity contribution is 0.476. The summed E-state index contributed by atoms with van der Waals surface area (Å²) in [6, 6.07) is 69.8. The molecule has 9 aromatic carbocycles. The zero-order chi connectivity index (χ0) is 34.9. The van der Waals surface area contributed by atoms with Crippen LogP contribution in [0.5, 0.6) is 11.5 Å². The summed E-state index contributed by atoms with van der Waals surface area (Å²) in [5.41, 5.74) is 11.5. The highest BCUT2D eigenvalue weighted by Gasteiger charge is 2.23. The number of ether oxygens (including phenoxy) is 1. The Morgan fingerprint density at radius 3 is 1.77 bits per heavy atom. The van der Waals surface area contributed by atoms with Crippen molar-refractivity contribution in [3.63, 3.8) is 0 Å². The number of hydrogen-bond acceptors (Lipinski definition) is 2. The molecule has 1 aliphatic rings. The Kier molecular flexibility index (Phi) is 6.55. The number of nitrogens with zero attached hydrogens (tertiary/aromatic N) is 2. The van der Waals surface area contributed by atoms with E-state index in [9.17, 15) is 0 Å². The summed E-state index contributed by atoms with van der Waals surface area (Å²) < 4.78 is 8.69. The van der Waals surface area contributed by atoms with E-state index in [0.717, 1.165) is 39.8 Å². The van der Waals surface area contributed by atoms with Crippen LogP contribution in [0.3, 0.4) is 0 Å². The SMILES string of the molecule is c1ccc2c(c1)Oc1cccc3c4cc(-c5ccc(N(c6ccc(-c7ccc8ccccc8c7)cc6)c6cccc7ccccc67)cc5)ccc4n-2c13. The summed E-state index contributed by atoms with van der Waals surface area (Å²) in [7, 11) is 0. The summed E-state index contributed by atoms with van der Waals surface area (Å²) in [6.07, 6.45) is 0. The normalized spacial score (nSPS) is 11.9. The van der Waals surface area contributed by atoms with E-state index in [1.807, 2.05) is 12.1 Å². The zero-order valence-electron chi connectivity index (χ0n) is 28.8. The summed E-state index contributed by atoms with van der Waals surface area (Å²) in [5.74, 6) is 1.77. The van der Waals surface area contributed by atoms with Gasteiger partial charge in [0.2, 0.25) is 0 Å². The molecule has 1 aliphatic heterocycles. The molecular formula is C50H32N2O. The topological polar surface area (TPSA) is 17.4 Å². The molecule has 2 heterocycles. The van der Waals surface area contributed by atoms with Crippen molar-refractivity contribution in [1.82, 2.24) is 4.57 Å². The van der Waals surface area contributed by atoms with E-state index in [-0.39, 0.29) is 0 Å². The first-order valence-corrected chi connectivity index (χ1v) is 18.1. The van der Waals surface area contributed by atoms with Gasteiger partial charge in [0, 0.05) is 27.5 Å². The summed E-state index contributed by atoms with van der Waals surface area (Å²) in [6.45, 7) is 0. The van der Waals surface area contributed by atoms with E-state index >= 15 is 0 Å². The maximum absolute atomic E-state index is 6.35. The van der Waals surface area contributed by atoms with Crippen molar-refractivity contribution in [3.8, 4) is 39.4 Å². The second-order valence-corrected chi connectivity index (χ2v) is 13.8. The minimum atomic E-state index is 0.878. The number of fused-ring (bicyclic) bond motifs is 7. The van der Waals surface area contributed by atoms with E-state index in [1.54, 1.807) is 0 Å². The van der Waals surface area contributed by atoms with Gasteiger partial charge in [0.15, 0.2) is 11.5 Å². The molecule has 0 saturated heterocycles. The van der Waals surface area contributed by atoms with Crippen molar-refractivity contribution in [2.45, 2.75) is 0 Å². The van der Waals surface area contributed by atoms with Gasteiger partial charge >= 0.3 is 0 Å². The number of rotatable bonds is 5. The second kappa shape index (κ2) is 11.7. The number of hydrogen-bond donors (Lipinski definition) is 0. The van der Waals surface area contributed by atoms with Crippen molar-refractivity contribution in [1.29, 1.82) is 0 Å². The number of anilines is 3. The van der Waals surface area contributed by atoms with E-state index in [1.165, 1.54) is 60.1 Å². The lowest BCUT2D eigenvalue weighted by Gasteiger charge is -2.27. The first-order chi connectivity index (χ1) is 26.3. The highest BCUT2D eigenvalue weighted by atomic mass is 16.5. The molecule has 1 aromatic heterocycles. The minimum Gasteiger partial charge on any atom is -0.453 e. The van der Waals surface area contributed by atoms with Crippen molar-refractivity contribution in [2.24, 2.45) is 0 Å². The van der Waals surface area contributed by atoms with Crippen LogP contribution in [0.1, 0.15) is 0 Å². The van der Waals surface area contributed by atoms with Crippen LogP contribution >= 0.6 is 0 Å². The average Bonchev–Trinajstić information content (AvgIpc) is 3.56. The van der Waals surface area contributed by atoms with Gasteiger partial charge in [-0.3, -0.25) is 0 Å². The first-order valence-electron chi connectivity index (χ1n) is 18.1. The minimum absolute atomic E-state index is 0.878. The maximum atomic E-state index is 6.35. The Morgan fingerprint density at radius 1 is 0.377 bits per heavy atom. The molecule has 3 heteroatoms. The van der Waals surface area contributed by atoms with Crippen LogP contribution in [0.15, 0.2) is 194 Å². The number of para-hydroxylation sites is 3. The van der Waals surface area contributed by atoms with Crippen LogP contribution in [0.25, 0.3) is 71.3 Å². The van der Waals surface area contributed by atoms with E-state index < -0.39 is 0 Å². The standard InChI is InChI=1S/C50H32N2O/c1-2-11-37-31-38(20-19-33(37)9-1)34-21-26-40(27-22-34)51(45-16-7-12-36-10-3-4-13-42(36)45)41-28-23-35(24-29-41)39-25-30-46-44(32-39)43-14-8-18-49-50(43)52(46)47-15-5-6-17-48(47)53-49/h1-32H. The Bertz CT molecular complexity index is 3020. The molecule has 0 atom stereocenters. The predicted molar refractivity (Wildman–Crippen MR) is 221 cm³/mol. The quantitative estimate of drug-likeness (QED) is 0.181. The van der Waals surface area contributed by atoms with Gasteiger partial charge in [-0.25, -0.2) is 0 Å². The van der Waals surface area contributed by atoms with E-state index in [2.05, 4.69) is 191 Å². The predicted octanol–water partition coefficient (Wildman–Crippen LogP) is 14.0. The van der Waals surface area contributed by atoms with Gasteiger partial charge in [-0.1, -0.05) is 127 Å². The van der Waals surface area contributed by atoms with Crippen molar-refractivity contribution in [3.05, 3.63) is 194 Å². The largest absolute Gasteiger partial charge is 0.453 e. The molecule has 248 valence electrons. The van der Waals surface area contributed by atoms with Crippen LogP contribution in [-0.2, 0) is 0 Å². The molecule has 0 spiro atoms. The molecule has 0 aliphatic carbocycles. The van der Waals surface area contributed by atoms with Gasteiger partial charge in [-0.2, -0.15) is 0 Å². The van der Waals surface area contributed by atoms with Crippen LogP contribution < -0.4 is 9.64 Å². The van der Waals surface area contributed by atoms with Gasteiger partial charge in [-0.15, -0.1) is 0 Å². The lowest BCUT2D eigenvalue weighted by Crippen LogP contribution is -2.10. The molecule has 3 nitrogen and oxygen atoms in total. The van der Waals surface area contributed by atoms with E-state index in [4.69, 9.17) is 4.74 Å². The zero-order valence-corrected chi connectivity index (χ0v) is 28.8. The molecule has 0 amide bonds. The first kappa shape index (κ1) is 29.6. The molecule has 0 saturated carbocycles. The Labute approximate surface area is 307 Å². The smallest absolute Gasteiger partial charge is 0.152 e. The van der Waals surface area contributed by atoms with Crippen molar-refractivity contribution < 1.29 is 4.74 Å². The highest BCUT2D eigenvalue weighted by Crippen LogP contribution is 2.46. The maximum Gasteiger partial charge on any atom is 0.152 e. The molecule has 0 unspecified atom stereocenters. The van der Waals surface area contributed by atoms with Crippen molar-refractivity contribution in [2.75, 3.05) is 4.90 Å². The van der Waals surface area contributed by atoms with Crippen LogP contribution in [-0.4, -0.2) is 4.57 Å². The fraction of sp³-hybridized carbons (Fsp3) is 0. The van der Waals surface area contributed by atoms with Crippen molar-refractivity contribution >= 4 is 60.4 Å². The van der Waals surface area contributed by atoms with Gasteiger partial charge < -0.3 is 14.2 Å². The van der Waals surface area contributed by atoms with Gasteiger partial charge in [0.05, 0.1) is 22.4 Å². The molecule has 0 fully saturated rings. The monoisotopic (exact) mass is 676 g/mol. The van der Waals surface area contributed by atoms with E-state index in [0.29, 0.717) is 0 Å². The Balaban J connectivity index is 1.01. The highest BCUT2D eigenvalue weighted by molar-refractivity contribution is 6.13. The number of benzene rings is 9. The summed E-state index contributed by atoms with van der Waals surface area (Å²) in [4.78, 5) is 2.38. The molecule has 0 radical (unpaired) electrons. The second-order valence-electron chi connectivity index (χ2n) is 13.8. The molecule has 0 bridgehead atoms. The number of aromatic nitrogens is 1. The molecule has 10 aromatic rings. The summed E-state index contributed by atoms with van der Waals surface area (Å²) in [5, 5.41) is 7.34. The van der Waals surface area contributed by atoms with Crippen LogP contribution in [0, 0.1) is 0 Å². The molecule has 11 rings (SSSR count). The van der Waals surface area contributed by atoms with Gasteiger partial charge in [0.25, 0.3) is 0 Å². The lowest BCUT2D eigenvalue weighted by atomic mass is 10.00. The average molecular weight is 677 g/mol. The third kappa shape index (κ3) is 4.75. The fourth-order valence-corrected chi connectivity index (χ4v) is 8.20. The van der Waals surface area contributed by atoms with Gasteiger partial charge in [0.1, 0.15) is 0 Å². The third-order valence-electron chi connectivity index (χ3n) is 10.8. The fourth-order valence-electron chi connectivity index (χ4n) is 8.20. The van der Waals surface area contributed by atoms with Crippen LogP contribution in [0.4, 0.5) is 17.1 Å². The van der Waals surface area contributed by atoms with Gasteiger partial charge in [-0.05, 0) is 105 Å². The molecular weight excluding hydrogens is 645 g/mol. The van der Waals surface area contributed by atoms with Crippen LogP contribution in [0.2, 0.25) is 0 Å². The summed E-state index contributed by atoms with van der Waals surface area (Å²) >= 11 is 0. The molecule has 0 N–H and O–H groups in total. The third-order valence-corrected chi connectivity index (χ3v) is 10.8.